The maximum absolute atomic E-state index is 13.5. The Kier molecular flexibility index (Phi) is 5.03. The van der Waals surface area contributed by atoms with Crippen LogP contribution in [0.4, 0.5) is 10.1 Å². The van der Waals surface area contributed by atoms with Crippen LogP contribution < -0.4 is 10.5 Å². The summed E-state index contributed by atoms with van der Waals surface area (Å²) in [4.78, 5) is 11.8. The van der Waals surface area contributed by atoms with Crippen molar-refractivity contribution in [2.45, 2.75) is 13.0 Å². The van der Waals surface area contributed by atoms with Crippen LogP contribution in [0.1, 0.15) is 28.9 Å². The largest absolute Gasteiger partial charge is 0.484 e. The van der Waals surface area contributed by atoms with Crippen molar-refractivity contribution in [3.8, 4) is 5.75 Å². The van der Waals surface area contributed by atoms with Crippen LogP contribution in [0.5, 0.6) is 5.75 Å². The van der Waals surface area contributed by atoms with E-state index in [9.17, 15) is 9.18 Å². The fourth-order valence-corrected chi connectivity index (χ4v) is 2.37. The molecule has 2 rings (SSSR count). The highest BCUT2D eigenvalue weighted by molar-refractivity contribution is 9.10. The molecule has 0 aliphatic carbocycles. The third-order valence-electron chi connectivity index (χ3n) is 3.14. The van der Waals surface area contributed by atoms with E-state index in [0.29, 0.717) is 17.0 Å². The number of carbonyl (C=O) groups is 1. The van der Waals surface area contributed by atoms with Crippen molar-refractivity contribution in [1.29, 1.82) is 0 Å². The molecule has 0 saturated carbocycles. The summed E-state index contributed by atoms with van der Waals surface area (Å²) in [5.74, 6) is -0.560. The van der Waals surface area contributed by atoms with Gasteiger partial charge in [-0.25, -0.2) is 9.18 Å². The van der Waals surface area contributed by atoms with Crippen molar-refractivity contribution >= 4 is 27.6 Å². The molecule has 6 heteroatoms. The summed E-state index contributed by atoms with van der Waals surface area (Å²) in [5.41, 5.74) is 6.96. The topological polar surface area (TPSA) is 61.5 Å². The Morgan fingerprint density at radius 2 is 2.00 bits per heavy atom. The highest BCUT2D eigenvalue weighted by Gasteiger charge is 2.19. The number of carbonyl (C=O) groups excluding carboxylic acids is 1. The monoisotopic (exact) mass is 367 g/mol. The van der Waals surface area contributed by atoms with Gasteiger partial charge in [0.05, 0.1) is 18.4 Å². The molecule has 0 heterocycles. The molecule has 0 radical (unpaired) electrons. The van der Waals surface area contributed by atoms with Crippen molar-refractivity contribution in [2.75, 3.05) is 12.8 Å². The summed E-state index contributed by atoms with van der Waals surface area (Å²) in [7, 11) is 1.27. The van der Waals surface area contributed by atoms with E-state index in [1.54, 1.807) is 25.1 Å². The Morgan fingerprint density at radius 1 is 1.27 bits per heavy atom. The van der Waals surface area contributed by atoms with E-state index in [1.165, 1.54) is 25.3 Å². The van der Waals surface area contributed by atoms with Gasteiger partial charge in [-0.2, -0.15) is 0 Å². The lowest BCUT2D eigenvalue weighted by atomic mass is 10.0. The molecule has 2 N–H and O–H groups in total. The average Bonchev–Trinajstić information content (AvgIpc) is 2.50. The van der Waals surface area contributed by atoms with Crippen LogP contribution in [-0.2, 0) is 4.74 Å². The first-order valence-electron chi connectivity index (χ1n) is 6.52. The number of esters is 1. The van der Waals surface area contributed by atoms with Crippen LogP contribution in [0.3, 0.4) is 0 Å². The second-order valence-corrected chi connectivity index (χ2v) is 5.58. The molecule has 0 aromatic heterocycles. The maximum Gasteiger partial charge on any atom is 0.338 e. The number of rotatable bonds is 4. The molecule has 0 spiro atoms. The minimum absolute atomic E-state index is 0.255. The van der Waals surface area contributed by atoms with Crippen LogP contribution in [0.15, 0.2) is 40.9 Å². The fraction of sp³-hybridized carbons (Fsp3) is 0.188. The Bertz CT molecular complexity index is 706. The number of halogens is 2. The number of methoxy groups -OCH3 is 1. The average molecular weight is 368 g/mol. The molecule has 0 saturated heterocycles. The highest BCUT2D eigenvalue weighted by atomic mass is 79.9. The molecular formula is C16H15BrFNO3. The standard InChI is InChI=1S/C16H15BrFNO3/c1-9(22-15-7-10(17)3-6-14(15)19)13-8-11(18)4-5-12(13)16(20)21-2/h3-9H,19H2,1-2H3. The summed E-state index contributed by atoms with van der Waals surface area (Å²) in [5, 5.41) is 0. The lowest BCUT2D eigenvalue weighted by molar-refractivity contribution is 0.0595. The van der Waals surface area contributed by atoms with E-state index < -0.39 is 17.9 Å². The predicted octanol–water partition coefficient (Wildman–Crippen LogP) is 4.10. The van der Waals surface area contributed by atoms with E-state index >= 15 is 0 Å². The van der Waals surface area contributed by atoms with E-state index in [4.69, 9.17) is 15.2 Å². The third kappa shape index (κ3) is 3.57. The molecule has 0 aliphatic heterocycles. The lowest BCUT2D eigenvalue weighted by Crippen LogP contribution is -2.12. The van der Waals surface area contributed by atoms with Gasteiger partial charge in [-0.15, -0.1) is 0 Å². The second-order valence-electron chi connectivity index (χ2n) is 4.67. The van der Waals surface area contributed by atoms with Gasteiger partial charge in [0, 0.05) is 10.0 Å². The number of anilines is 1. The third-order valence-corrected chi connectivity index (χ3v) is 3.63. The van der Waals surface area contributed by atoms with Gasteiger partial charge in [0.2, 0.25) is 0 Å². The second kappa shape index (κ2) is 6.79. The zero-order chi connectivity index (χ0) is 16.3. The maximum atomic E-state index is 13.5. The summed E-state index contributed by atoms with van der Waals surface area (Å²) in [6.45, 7) is 1.71. The lowest BCUT2D eigenvalue weighted by Gasteiger charge is -2.19. The number of ether oxygens (including phenoxy) is 2. The van der Waals surface area contributed by atoms with Crippen molar-refractivity contribution in [3.63, 3.8) is 0 Å². The summed E-state index contributed by atoms with van der Waals surface area (Å²) in [6.07, 6.45) is -0.582. The molecule has 1 unspecified atom stereocenters. The minimum atomic E-state index is -0.582. The fourth-order valence-electron chi connectivity index (χ4n) is 2.03. The van der Waals surface area contributed by atoms with Crippen LogP contribution in [-0.4, -0.2) is 13.1 Å². The van der Waals surface area contributed by atoms with Gasteiger partial charge < -0.3 is 15.2 Å². The highest BCUT2D eigenvalue weighted by Crippen LogP contribution is 2.31. The van der Waals surface area contributed by atoms with Gasteiger partial charge in [0.25, 0.3) is 0 Å². The SMILES string of the molecule is COC(=O)c1ccc(F)cc1C(C)Oc1cc(Br)ccc1N. The molecule has 4 nitrogen and oxygen atoms in total. The number of hydrogen-bond donors (Lipinski definition) is 1. The number of benzene rings is 2. The molecule has 0 aliphatic rings. The zero-order valence-corrected chi connectivity index (χ0v) is 13.7. The Hall–Kier alpha value is -2.08. The first-order valence-corrected chi connectivity index (χ1v) is 7.31. The molecule has 2 aromatic rings. The molecule has 2 aromatic carbocycles. The van der Waals surface area contributed by atoms with Crippen LogP contribution in [0, 0.1) is 5.82 Å². The normalized spacial score (nSPS) is 11.8. The first-order chi connectivity index (χ1) is 10.4. The molecule has 0 bridgehead atoms. The van der Waals surface area contributed by atoms with E-state index in [2.05, 4.69) is 15.9 Å². The molecule has 0 amide bonds. The quantitative estimate of drug-likeness (QED) is 0.652. The molecule has 1 atom stereocenters. The van der Waals surface area contributed by atoms with Gasteiger partial charge in [-0.3, -0.25) is 0 Å². The zero-order valence-electron chi connectivity index (χ0n) is 12.1. The number of hydrogen-bond acceptors (Lipinski definition) is 4. The predicted molar refractivity (Wildman–Crippen MR) is 85.3 cm³/mol. The van der Waals surface area contributed by atoms with Crippen molar-refractivity contribution < 1.29 is 18.7 Å². The van der Waals surface area contributed by atoms with E-state index in [1.807, 2.05) is 0 Å². The Balaban J connectivity index is 2.36. The molecular weight excluding hydrogens is 353 g/mol. The number of nitrogen functional groups attached to an aromatic ring is 1. The summed E-state index contributed by atoms with van der Waals surface area (Å²) in [6, 6.07) is 9.03. The van der Waals surface area contributed by atoms with Gasteiger partial charge in [0.15, 0.2) is 0 Å². The first kappa shape index (κ1) is 16.3. The molecule has 116 valence electrons. The van der Waals surface area contributed by atoms with Gasteiger partial charge in [-0.05, 0) is 43.3 Å². The van der Waals surface area contributed by atoms with Crippen LogP contribution in [0.25, 0.3) is 0 Å². The Labute approximate surface area is 136 Å². The van der Waals surface area contributed by atoms with E-state index in [0.717, 1.165) is 4.47 Å². The van der Waals surface area contributed by atoms with Gasteiger partial charge >= 0.3 is 5.97 Å². The van der Waals surface area contributed by atoms with Crippen LogP contribution >= 0.6 is 15.9 Å². The van der Waals surface area contributed by atoms with Gasteiger partial charge in [0.1, 0.15) is 17.7 Å². The smallest absolute Gasteiger partial charge is 0.338 e. The van der Waals surface area contributed by atoms with Crippen molar-refractivity contribution in [1.82, 2.24) is 0 Å². The van der Waals surface area contributed by atoms with E-state index in [-0.39, 0.29) is 5.56 Å². The molecule has 0 fully saturated rings. The number of nitrogens with two attached hydrogens (primary N) is 1. The summed E-state index contributed by atoms with van der Waals surface area (Å²) >= 11 is 3.33. The summed E-state index contributed by atoms with van der Waals surface area (Å²) < 4.78 is 24.8. The van der Waals surface area contributed by atoms with Gasteiger partial charge in [-0.1, -0.05) is 15.9 Å². The molecule has 22 heavy (non-hydrogen) atoms. The minimum Gasteiger partial charge on any atom is -0.484 e. The Morgan fingerprint density at radius 3 is 2.68 bits per heavy atom. The van der Waals surface area contributed by atoms with Crippen LogP contribution in [0.2, 0.25) is 0 Å². The van der Waals surface area contributed by atoms with Crippen molar-refractivity contribution in [2.24, 2.45) is 0 Å². The van der Waals surface area contributed by atoms with Crippen molar-refractivity contribution in [3.05, 3.63) is 57.8 Å².